The van der Waals surface area contributed by atoms with Crippen LogP contribution in [0.4, 0.5) is 0 Å². The van der Waals surface area contributed by atoms with Crippen LogP contribution in [0.1, 0.15) is 11.6 Å². The first-order valence-corrected chi connectivity index (χ1v) is 10.2. The van der Waals surface area contributed by atoms with E-state index in [1.165, 1.54) is 4.90 Å². The Hall–Kier alpha value is -1.93. The molecule has 0 aromatic heterocycles. The largest absolute Gasteiger partial charge is 0.497 e. The molecule has 0 saturated carbocycles. The summed E-state index contributed by atoms with van der Waals surface area (Å²) < 4.78 is 38.6. The lowest BCUT2D eigenvalue weighted by atomic mass is 10.0. The third-order valence-electron chi connectivity index (χ3n) is 4.68. The average molecular weight is 377 g/mol. The lowest BCUT2D eigenvalue weighted by Crippen LogP contribution is -3.15. The summed E-state index contributed by atoms with van der Waals surface area (Å²) in [6, 6.07) is 16.3. The molecule has 140 valence electrons. The fourth-order valence-electron chi connectivity index (χ4n) is 3.19. The molecule has 3 rings (SSSR count). The lowest BCUT2D eigenvalue weighted by molar-refractivity contribution is -0.937. The van der Waals surface area contributed by atoms with Crippen molar-refractivity contribution in [2.75, 3.05) is 40.0 Å². The fraction of sp³-hybridized carbons (Fsp3) is 0.368. The second kappa shape index (κ2) is 8.64. The van der Waals surface area contributed by atoms with Gasteiger partial charge >= 0.3 is 0 Å². The van der Waals surface area contributed by atoms with Crippen molar-refractivity contribution in [3.8, 4) is 5.75 Å². The number of nitrogens with one attached hydrogen (secondary N) is 2. The van der Waals surface area contributed by atoms with Gasteiger partial charge in [-0.1, -0.05) is 18.2 Å². The molecule has 1 heterocycles. The van der Waals surface area contributed by atoms with E-state index in [1.807, 2.05) is 24.3 Å². The Labute approximate surface area is 154 Å². The predicted octanol–water partition coefficient (Wildman–Crippen LogP) is 0.630. The molecule has 2 N–H and O–H groups in total. The smallest absolute Gasteiger partial charge is 0.240 e. The van der Waals surface area contributed by atoms with Gasteiger partial charge in [-0.3, -0.25) is 0 Å². The van der Waals surface area contributed by atoms with Gasteiger partial charge in [0, 0.05) is 5.56 Å². The Morgan fingerprint density at radius 3 is 2.35 bits per heavy atom. The van der Waals surface area contributed by atoms with Crippen molar-refractivity contribution in [1.82, 2.24) is 4.72 Å². The van der Waals surface area contributed by atoms with Crippen molar-refractivity contribution in [3.05, 3.63) is 60.2 Å². The van der Waals surface area contributed by atoms with E-state index in [-0.39, 0.29) is 10.9 Å². The van der Waals surface area contributed by atoms with E-state index in [9.17, 15) is 8.42 Å². The van der Waals surface area contributed by atoms with Crippen molar-refractivity contribution < 1.29 is 22.8 Å². The first kappa shape index (κ1) is 18.8. The van der Waals surface area contributed by atoms with Gasteiger partial charge in [0.2, 0.25) is 10.0 Å². The van der Waals surface area contributed by atoms with Crippen LogP contribution in [0.5, 0.6) is 5.75 Å². The Morgan fingerprint density at radius 1 is 1.08 bits per heavy atom. The molecule has 2 aromatic carbocycles. The molecule has 0 unspecified atom stereocenters. The standard InChI is InChI=1S/C19H24N2O4S/c1-24-17-9-7-16(8-10-17)19(21-11-13-25-14-12-21)15-20-26(22,23)18-5-3-2-4-6-18/h2-10,19-20H,11-15H2,1H3/p+1/t19-/m0/s1. The maximum atomic E-state index is 12.6. The highest BCUT2D eigenvalue weighted by atomic mass is 32.2. The zero-order chi connectivity index (χ0) is 18.4. The van der Waals surface area contributed by atoms with Gasteiger partial charge in [0.05, 0.1) is 31.8 Å². The minimum absolute atomic E-state index is 0.0169. The maximum Gasteiger partial charge on any atom is 0.240 e. The van der Waals surface area contributed by atoms with Crippen LogP contribution in [0.3, 0.4) is 0 Å². The van der Waals surface area contributed by atoms with Crippen molar-refractivity contribution in [3.63, 3.8) is 0 Å². The van der Waals surface area contributed by atoms with Gasteiger partial charge in [-0.2, -0.15) is 0 Å². The van der Waals surface area contributed by atoms with E-state index in [2.05, 4.69) is 4.72 Å². The van der Waals surface area contributed by atoms with E-state index in [0.29, 0.717) is 19.8 Å². The van der Waals surface area contributed by atoms with Crippen molar-refractivity contribution in [2.45, 2.75) is 10.9 Å². The van der Waals surface area contributed by atoms with Crippen LogP contribution in [-0.4, -0.2) is 48.4 Å². The number of benzene rings is 2. The number of hydrogen-bond donors (Lipinski definition) is 2. The molecule has 1 atom stereocenters. The summed E-state index contributed by atoms with van der Waals surface area (Å²) in [4.78, 5) is 1.60. The fourth-order valence-corrected chi connectivity index (χ4v) is 4.26. The third-order valence-corrected chi connectivity index (χ3v) is 6.12. The molecular weight excluding hydrogens is 352 g/mol. The molecule has 6 nitrogen and oxygen atoms in total. The van der Waals surface area contributed by atoms with Crippen LogP contribution in [0.15, 0.2) is 59.5 Å². The Morgan fingerprint density at radius 2 is 1.73 bits per heavy atom. The van der Waals surface area contributed by atoms with Crippen LogP contribution in [0.2, 0.25) is 0 Å². The van der Waals surface area contributed by atoms with E-state index >= 15 is 0 Å². The molecule has 0 radical (unpaired) electrons. The number of sulfonamides is 1. The topological polar surface area (TPSA) is 69.1 Å². The second-order valence-electron chi connectivity index (χ2n) is 6.26. The first-order valence-electron chi connectivity index (χ1n) is 8.71. The lowest BCUT2D eigenvalue weighted by Gasteiger charge is -2.32. The summed E-state index contributed by atoms with van der Waals surface area (Å²) in [6.45, 7) is 3.41. The van der Waals surface area contributed by atoms with Crippen LogP contribution < -0.4 is 14.4 Å². The molecule has 0 bridgehead atoms. The number of methoxy groups -OCH3 is 1. The highest BCUT2D eigenvalue weighted by molar-refractivity contribution is 7.89. The van der Waals surface area contributed by atoms with Gasteiger partial charge < -0.3 is 14.4 Å². The average Bonchev–Trinajstić information content (AvgIpc) is 2.70. The third kappa shape index (κ3) is 4.62. The molecule has 26 heavy (non-hydrogen) atoms. The van der Waals surface area contributed by atoms with Crippen molar-refractivity contribution >= 4 is 10.0 Å². The number of rotatable bonds is 7. The number of quaternary nitrogens is 1. The van der Waals surface area contributed by atoms with Gasteiger partial charge in [-0.25, -0.2) is 13.1 Å². The molecule has 1 saturated heterocycles. The highest BCUT2D eigenvalue weighted by Crippen LogP contribution is 2.17. The van der Waals surface area contributed by atoms with E-state index < -0.39 is 10.0 Å². The van der Waals surface area contributed by atoms with Crippen molar-refractivity contribution in [2.24, 2.45) is 0 Å². The zero-order valence-corrected chi connectivity index (χ0v) is 15.7. The highest BCUT2D eigenvalue weighted by Gasteiger charge is 2.28. The van der Waals surface area contributed by atoms with Crippen LogP contribution in [0.25, 0.3) is 0 Å². The Bertz CT molecular complexity index is 788. The second-order valence-corrected chi connectivity index (χ2v) is 8.03. The number of ether oxygens (including phenoxy) is 2. The summed E-state index contributed by atoms with van der Waals surface area (Å²) >= 11 is 0. The van der Waals surface area contributed by atoms with Crippen LogP contribution >= 0.6 is 0 Å². The Balaban J connectivity index is 1.79. The number of hydrogen-bond acceptors (Lipinski definition) is 4. The molecule has 1 aliphatic heterocycles. The van der Waals surface area contributed by atoms with Crippen molar-refractivity contribution in [1.29, 1.82) is 0 Å². The molecule has 0 spiro atoms. The normalized spacial score (nSPS) is 17.0. The monoisotopic (exact) mass is 377 g/mol. The molecule has 1 aliphatic rings. The van der Waals surface area contributed by atoms with E-state index in [1.54, 1.807) is 37.4 Å². The summed E-state index contributed by atoms with van der Waals surface area (Å²) in [6.07, 6.45) is 0. The maximum absolute atomic E-state index is 12.6. The summed E-state index contributed by atoms with van der Waals surface area (Å²) in [5.74, 6) is 0.786. The summed E-state index contributed by atoms with van der Waals surface area (Å²) in [5, 5.41) is 0. The Kier molecular flexibility index (Phi) is 6.26. The molecule has 2 aromatic rings. The van der Waals surface area contributed by atoms with Gasteiger partial charge in [0.1, 0.15) is 24.9 Å². The van der Waals surface area contributed by atoms with Gasteiger partial charge in [-0.05, 0) is 36.4 Å². The molecule has 1 fully saturated rings. The van der Waals surface area contributed by atoms with E-state index in [0.717, 1.165) is 24.4 Å². The summed E-state index contributed by atoms with van der Waals surface area (Å²) in [7, 11) is -1.90. The number of morpholine rings is 1. The zero-order valence-electron chi connectivity index (χ0n) is 14.9. The van der Waals surface area contributed by atoms with Gasteiger partial charge in [0.25, 0.3) is 0 Å². The first-order chi connectivity index (χ1) is 12.6. The van der Waals surface area contributed by atoms with Gasteiger partial charge in [-0.15, -0.1) is 0 Å². The minimum Gasteiger partial charge on any atom is -0.497 e. The van der Waals surface area contributed by atoms with Crippen LogP contribution in [0, 0.1) is 0 Å². The SMILES string of the molecule is COc1ccc([C@H](CNS(=O)(=O)c2ccccc2)[NH+]2CCOCC2)cc1. The predicted molar refractivity (Wildman–Crippen MR) is 98.9 cm³/mol. The van der Waals surface area contributed by atoms with E-state index in [4.69, 9.17) is 9.47 Å². The minimum atomic E-state index is -3.53. The quantitative estimate of drug-likeness (QED) is 0.743. The van der Waals surface area contributed by atoms with Crippen LogP contribution in [-0.2, 0) is 14.8 Å². The van der Waals surface area contributed by atoms with Gasteiger partial charge in [0.15, 0.2) is 0 Å². The molecule has 0 amide bonds. The molecular formula is C19H25N2O4S+. The molecule has 7 heteroatoms. The molecule has 0 aliphatic carbocycles. The summed E-state index contributed by atoms with van der Waals surface area (Å²) in [5.41, 5.74) is 1.08.